The molecule has 0 radical (unpaired) electrons. The lowest BCUT2D eigenvalue weighted by Crippen LogP contribution is -2.27. The number of fused-ring (bicyclic) bond motifs is 1. The first-order chi connectivity index (χ1) is 15.1. The van der Waals surface area contributed by atoms with Gasteiger partial charge in [-0.3, -0.25) is 14.7 Å². The molecule has 0 spiro atoms. The average Bonchev–Trinajstić information content (AvgIpc) is 3.37. The Balaban J connectivity index is 1.48. The Morgan fingerprint density at radius 3 is 2.77 bits per heavy atom. The second-order valence-electron chi connectivity index (χ2n) is 7.76. The highest BCUT2D eigenvalue weighted by atomic mass is 19.1. The number of aromatic nitrogens is 2. The first-order valence-corrected chi connectivity index (χ1v) is 10.2. The molecule has 1 saturated heterocycles. The van der Waals surface area contributed by atoms with Crippen molar-refractivity contribution in [1.82, 2.24) is 9.97 Å². The van der Waals surface area contributed by atoms with E-state index in [0.717, 1.165) is 25.2 Å². The number of methoxy groups -OCH3 is 1. The molecular weight excluding hydrogens is 397 g/mol. The number of benzene rings is 1. The van der Waals surface area contributed by atoms with E-state index in [1.807, 2.05) is 12.1 Å². The van der Waals surface area contributed by atoms with Gasteiger partial charge in [-0.25, -0.2) is 9.37 Å². The van der Waals surface area contributed by atoms with Gasteiger partial charge >= 0.3 is 0 Å². The molecule has 0 aliphatic carbocycles. The number of hydrogen-bond acceptors (Lipinski definition) is 6. The maximum absolute atomic E-state index is 14.7. The highest BCUT2D eigenvalue weighted by Crippen LogP contribution is 2.38. The normalized spacial score (nSPS) is 17.9. The number of halogens is 1. The lowest BCUT2D eigenvalue weighted by molar-refractivity contribution is 0.0996. The fraction of sp³-hybridized carbons (Fsp3) is 0.261. The Labute approximate surface area is 179 Å². The highest BCUT2D eigenvalue weighted by molar-refractivity contribution is 6.10. The molecule has 1 amide bonds. The summed E-state index contributed by atoms with van der Waals surface area (Å²) in [7, 11) is 1.48. The van der Waals surface area contributed by atoms with E-state index in [1.165, 1.54) is 19.4 Å². The fourth-order valence-electron chi connectivity index (χ4n) is 4.28. The van der Waals surface area contributed by atoms with Gasteiger partial charge in [-0.15, -0.1) is 0 Å². The first kappa shape index (κ1) is 19.4. The minimum atomic E-state index is -0.447. The second-order valence-corrected chi connectivity index (χ2v) is 7.76. The van der Waals surface area contributed by atoms with Crippen molar-refractivity contribution in [2.24, 2.45) is 5.73 Å². The van der Waals surface area contributed by atoms with Crippen LogP contribution in [-0.4, -0.2) is 42.1 Å². The van der Waals surface area contributed by atoms with Crippen LogP contribution >= 0.6 is 0 Å². The predicted octanol–water partition coefficient (Wildman–Crippen LogP) is 2.99. The zero-order valence-electron chi connectivity index (χ0n) is 17.1. The number of anilines is 2. The Morgan fingerprint density at radius 1 is 1.19 bits per heavy atom. The van der Waals surface area contributed by atoms with Gasteiger partial charge in [-0.05, 0) is 36.8 Å². The number of pyridine rings is 2. The Kier molecular flexibility index (Phi) is 4.78. The van der Waals surface area contributed by atoms with Crippen LogP contribution in [0.1, 0.15) is 22.3 Å². The highest BCUT2D eigenvalue weighted by Gasteiger charge is 2.33. The predicted molar refractivity (Wildman–Crippen MR) is 116 cm³/mol. The molecule has 31 heavy (non-hydrogen) atoms. The van der Waals surface area contributed by atoms with E-state index in [-0.39, 0.29) is 24.1 Å². The molecule has 1 atom stereocenters. The van der Waals surface area contributed by atoms with Gasteiger partial charge in [0.25, 0.3) is 5.91 Å². The second kappa shape index (κ2) is 7.63. The Bertz CT molecular complexity index is 1150. The van der Waals surface area contributed by atoms with Crippen molar-refractivity contribution in [2.75, 3.05) is 30.0 Å². The maximum Gasteiger partial charge on any atom is 0.260 e. The van der Waals surface area contributed by atoms with E-state index in [4.69, 9.17) is 10.5 Å². The minimum Gasteiger partial charge on any atom is -0.496 e. The van der Waals surface area contributed by atoms with Gasteiger partial charge in [0.05, 0.1) is 36.8 Å². The van der Waals surface area contributed by atoms with Crippen molar-refractivity contribution in [1.29, 1.82) is 0 Å². The van der Waals surface area contributed by atoms with Crippen LogP contribution in [0.4, 0.5) is 15.9 Å². The molecule has 8 heteroatoms. The van der Waals surface area contributed by atoms with E-state index >= 15 is 0 Å². The summed E-state index contributed by atoms with van der Waals surface area (Å²) in [6.45, 7) is 1.96. The van der Waals surface area contributed by atoms with Gasteiger partial charge in [-0.1, -0.05) is 6.07 Å². The molecule has 4 heterocycles. The molecule has 2 aromatic heterocycles. The lowest BCUT2D eigenvalue weighted by Gasteiger charge is -2.20. The molecule has 0 bridgehead atoms. The molecule has 1 fully saturated rings. The van der Waals surface area contributed by atoms with Crippen LogP contribution in [0.5, 0.6) is 5.75 Å². The van der Waals surface area contributed by atoms with Crippen LogP contribution in [0.25, 0.3) is 11.3 Å². The van der Waals surface area contributed by atoms with E-state index in [1.54, 1.807) is 29.3 Å². The van der Waals surface area contributed by atoms with Crippen molar-refractivity contribution in [3.05, 3.63) is 65.7 Å². The van der Waals surface area contributed by atoms with Crippen molar-refractivity contribution in [3.63, 3.8) is 0 Å². The average molecular weight is 419 g/mol. The van der Waals surface area contributed by atoms with Crippen molar-refractivity contribution < 1.29 is 13.9 Å². The number of carbonyl (C=O) groups is 1. The molecule has 1 aromatic carbocycles. The zero-order valence-corrected chi connectivity index (χ0v) is 17.1. The standard InChI is InChI=1S/C23H22FN5O2/c1-31-19-4-2-3-18(24)21(19)22-17-13-29(23(30)16(17)7-9-26-22)20-6-5-15(11-27-20)28-10-8-14(25)12-28/h2-7,9,11,14H,8,10,12-13,25H2,1H3/t14-/m0/s1. The molecule has 158 valence electrons. The number of nitrogens with zero attached hydrogens (tertiary/aromatic N) is 4. The van der Waals surface area contributed by atoms with Crippen LogP contribution in [-0.2, 0) is 6.54 Å². The molecule has 3 aromatic rings. The van der Waals surface area contributed by atoms with Gasteiger partial charge < -0.3 is 15.4 Å². The van der Waals surface area contributed by atoms with Crippen molar-refractivity contribution in [3.8, 4) is 17.0 Å². The smallest absolute Gasteiger partial charge is 0.260 e. The van der Waals surface area contributed by atoms with Crippen molar-refractivity contribution in [2.45, 2.75) is 19.0 Å². The quantitative estimate of drug-likeness (QED) is 0.700. The molecule has 0 saturated carbocycles. The molecule has 2 aliphatic heterocycles. The van der Waals surface area contributed by atoms with Gasteiger partial charge in [-0.2, -0.15) is 0 Å². The lowest BCUT2D eigenvalue weighted by atomic mass is 10.0. The summed E-state index contributed by atoms with van der Waals surface area (Å²) in [4.78, 5) is 25.8. The first-order valence-electron chi connectivity index (χ1n) is 10.2. The van der Waals surface area contributed by atoms with E-state index < -0.39 is 5.82 Å². The molecule has 7 nitrogen and oxygen atoms in total. The molecule has 2 N–H and O–H groups in total. The molecule has 2 aliphatic rings. The Hall–Kier alpha value is -3.52. The van der Waals surface area contributed by atoms with E-state index in [2.05, 4.69) is 14.9 Å². The van der Waals surface area contributed by atoms with Gasteiger partial charge in [0.2, 0.25) is 0 Å². The van der Waals surface area contributed by atoms with Crippen molar-refractivity contribution >= 4 is 17.4 Å². The van der Waals surface area contributed by atoms with Crippen LogP contribution in [0.15, 0.2) is 48.8 Å². The van der Waals surface area contributed by atoms with Gasteiger partial charge in [0, 0.05) is 36.5 Å². The molecule has 5 rings (SSSR count). The molecular formula is C23H22FN5O2. The summed E-state index contributed by atoms with van der Waals surface area (Å²) in [5, 5.41) is 0. The SMILES string of the molecule is COc1cccc(F)c1-c1nccc2c1CN(c1ccc(N3CC[C@H](N)C3)cn1)C2=O. The van der Waals surface area contributed by atoms with Crippen LogP contribution in [0, 0.1) is 5.82 Å². The maximum atomic E-state index is 14.7. The fourth-order valence-corrected chi connectivity index (χ4v) is 4.28. The third-order valence-electron chi connectivity index (χ3n) is 5.88. The number of ether oxygens (including phenoxy) is 1. The number of amides is 1. The van der Waals surface area contributed by atoms with Gasteiger partial charge in [0.1, 0.15) is 17.4 Å². The monoisotopic (exact) mass is 419 g/mol. The largest absolute Gasteiger partial charge is 0.496 e. The molecule has 0 unspecified atom stereocenters. The summed E-state index contributed by atoms with van der Waals surface area (Å²) in [5.74, 6) is 0.285. The van der Waals surface area contributed by atoms with Crippen LogP contribution < -0.4 is 20.3 Å². The number of hydrogen-bond donors (Lipinski definition) is 1. The third-order valence-corrected chi connectivity index (χ3v) is 5.88. The summed E-state index contributed by atoms with van der Waals surface area (Å²) < 4.78 is 20.0. The van der Waals surface area contributed by atoms with Crippen LogP contribution in [0.3, 0.4) is 0 Å². The summed E-state index contributed by atoms with van der Waals surface area (Å²) in [5.41, 5.74) is 8.80. The number of rotatable bonds is 4. The number of nitrogens with two attached hydrogens (primary N) is 1. The summed E-state index contributed by atoms with van der Waals surface area (Å²) >= 11 is 0. The minimum absolute atomic E-state index is 0.177. The van der Waals surface area contributed by atoms with E-state index in [9.17, 15) is 9.18 Å². The summed E-state index contributed by atoms with van der Waals surface area (Å²) in [6.07, 6.45) is 4.24. The third kappa shape index (κ3) is 3.29. The Morgan fingerprint density at radius 2 is 2.06 bits per heavy atom. The number of carbonyl (C=O) groups excluding carboxylic acids is 1. The van der Waals surface area contributed by atoms with Crippen LogP contribution in [0.2, 0.25) is 0 Å². The summed E-state index contributed by atoms with van der Waals surface area (Å²) in [6, 6.07) is 10.2. The van der Waals surface area contributed by atoms with E-state index in [0.29, 0.717) is 28.4 Å². The topological polar surface area (TPSA) is 84.6 Å². The van der Waals surface area contributed by atoms with Gasteiger partial charge in [0.15, 0.2) is 0 Å². The zero-order chi connectivity index (χ0) is 21.5.